The first-order valence-corrected chi connectivity index (χ1v) is 7.48. The molecule has 114 valence electrons. The van der Waals surface area contributed by atoms with Crippen molar-refractivity contribution < 1.29 is 9.50 Å². The number of benzene rings is 2. The van der Waals surface area contributed by atoms with E-state index in [9.17, 15) is 9.50 Å². The van der Waals surface area contributed by atoms with Crippen LogP contribution in [0.4, 0.5) is 4.39 Å². The van der Waals surface area contributed by atoms with Gasteiger partial charge >= 0.3 is 0 Å². The summed E-state index contributed by atoms with van der Waals surface area (Å²) >= 11 is 6.32. The molecule has 0 unspecified atom stereocenters. The van der Waals surface area contributed by atoms with Crippen LogP contribution in [0.3, 0.4) is 0 Å². The van der Waals surface area contributed by atoms with Gasteiger partial charge in [-0.1, -0.05) is 37.6 Å². The monoisotopic (exact) mass is 317 g/mol. The first kappa shape index (κ1) is 15.1. The molecule has 2 N–H and O–H groups in total. The Kier molecular flexibility index (Phi) is 3.71. The molecule has 0 atom stereocenters. The van der Waals surface area contributed by atoms with Gasteiger partial charge in [-0.15, -0.1) is 0 Å². The molecule has 0 amide bonds. The first-order valence-electron chi connectivity index (χ1n) is 7.10. The fourth-order valence-electron chi connectivity index (χ4n) is 2.61. The molecule has 4 heteroatoms. The number of nitrogens with one attached hydrogen (secondary N) is 1. The number of hydrogen-bond donors (Lipinski definition) is 2. The van der Waals surface area contributed by atoms with E-state index < -0.39 is 5.41 Å². The summed E-state index contributed by atoms with van der Waals surface area (Å²) < 4.78 is 14.4. The van der Waals surface area contributed by atoms with Crippen LogP contribution in [0.25, 0.3) is 22.0 Å². The van der Waals surface area contributed by atoms with Gasteiger partial charge in [-0.25, -0.2) is 4.39 Å². The predicted octanol–water partition coefficient (Wildman–Crippen LogP) is 4.90. The van der Waals surface area contributed by atoms with E-state index in [1.165, 1.54) is 6.07 Å². The van der Waals surface area contributed by atoms with Crippen LogP contribution >= 0.6 is 11.6 Å². The predicted molar refractivity (Wildman–Crippen MR) is 88.8 cm³/mol. The van der Waals surface area contributed by atoms with Crippen molar-refractivity contribution in [3.8, 4) is 11.1 Å². The Labute approximate surface area is 133 Å². The lowest BCUT2D eigenvalue weighted by Gasteiger charge is -2.23. The van der Waals surface area contributed by atoms with Gasteiger partial charge in [-0.05, 0) is 35.4 Å². The van der Waals surface area contributed by atoms with Gasteiger partial charge < -0.3 is 10.1 Å². The molecule has 0 radical (unpaired) electrons. The Morgan fingerprint density at radius 3 is 2.64 bits per heavy atom. The van der Waals surface area contributed by atoms with Gasteiger partial charge in [0.25, 0.3) is 0 Å². The molecule has 3 rings (SSSR count). The summed E-state index contributed by atoms with van der Waals surface area (Å²) in [5.41, 5.74) is 2.35. The summed E-state index contributed by atoms with van der Waals surface area (Å²) in [6.07, 6.45) is 1.85. The van der Waals surface area contributed by atoms with Crippen molar-refractivity contribution >= 4 is 22.5 Å². The van der Waals surface area contributed by atoms with E-state index in [1.54, 1.807) is 6.07 Å². The molecule has 3 aromatic rings. The second-order valence-electron chi connectivity index (χ2n) is 6.13. The highest BCUT2D eigenvalue weighted by Crippen LogP contribution is 2.34. The minimum atomic E-state index is -0.614. The highest BCUT2D eigenvalue weighted by molar-refractivity contribution is 6.34. The number of hydrogen-bond acceptors (Lipinski definition) is 1. The van der Waals surface area contributed by atoms with E-state index >= 15 is 0 Å². The third kappa shape index (κ3) is 2.51. The van der Waals surface area contributed by atoms with E-state index in [4.69, 9.17) is 11.6 Å². The van der Waals surface area contributed by atoms with E-state index in [2.05, 4.69) is 4.98 Å². The molecule has 0 aliphatic heterocycles. The van der Waals surface area contributed by atoms with Crippen LogP contribution in [-0.2, 0) is 5.41 Å². The summed E-state index contributed by atoms with van der Waals surface area (Å²) in [7, 11) is 0. The zero-order chi connectivity index (χ0) is 15.9. The molecule has 2 nitrogen and oxygen atoms in total. The van der Waals surface area contributed by atoms with Crippen molar-refractivity contribution in [3.05, 3.63) is 59.0 Å². The SMILES string of the molecule is CC(C)(CO)c1ccc(-c2cc3cc[nH]c3cc2Cl)cc1F. The van der Waals surface area contributed by atoms with E-state index in [1.807, 2.05) is 44.3 Å². The molecule has 0 spiro atoms. The first-order chi connectivity index (χ1) is 10.4. The molecule has 0 aliphatic rings. The average molecular weight is 318 g/mol. The van der Waals surface area contributed by atoms with Gasteiger partial charge in [0.05, 0.1) is 11.6 Å². The number of aliphatic hydroxyl groups excluding tert-OH is 1. The molecule has 0 fully saturated rings. The number of fused-ring (bicyclic) bond motifs is 1. The van der Waals surface area contributed by atoms with Crippen LogP contribution in [0.15, 0.2) is 42.6 Å². The van der Waals surface area contributed by atoms with Crippen LogP contribution in [0, 0.1) is 5.82 Å². The number of H-pyrrole nitrogens is 1. The normalized spacial score (nSPS) is 12.0. The maximum atomic E-state index is 14.4. The van der Waals surface area contributed by atoms with Crippen molar-refractivity contribution in [1.29, 1.82) is 0 Å². The summed E-state index contributed by atoms with van der Waals surface area (Å²) in [6.45, 7) is 3.51. The van der Waals surface area contributed by atoms with Crippen molar-refractivity contribution in [3.63, 3.8) is 0 Å². The number of aromatic nitrogens is 1. The minimum absolute atomic E-state index is 0.112. The molecule has 2 aromatic carbocycles. The maximum Gasteiger partial charge on any atom is 0.127 e. The smallest absolute Gasteiger partial charge is 0.127 e. The number of aromatic amines is 1. The molecule has 22 heavy (non-hydrogen) atoms. The third-order valence-corrected chi connectivity index (χ3v) is 4.36. The number of halogens is 2. The van der Waals surface area contributed by atoms with Gasteiger partial charge in [-0.3, -0.25) is 0 Å². The zero-order valence-electron chi connectivity index (χ0n) is 12.5. The molecule has 0 bridgehead atoms. The van der Waals surface area contributed by atoms with Crippen molar-refractivity contribution in [2.24, 2.45) is 0 Å². The number of rotatable bonds is 3. The van der Waals surface area contributed by atoms with Gasteiger partial charge in [0, 0.05) is 28.1 Å². The molecule has 1 heterocycles. The fraction of sp³-hybridized carbons (Fsp3) is 0.222. The number of aliphatic hydroxyl groups is 1. The van der Waals surface area contributed by atoms with Crippen molar-refractivity contribution in [2.45, 2.75) is 19.3 Å². The molecule has 0 saturated heterocycles. The van der Waals surface area contributed by atoms with Crippen LogP contribution in [-0.4, -0.2) is 16.7 Å². The molecule has 0 aliphatic carbocycles. The van der Waals surface area contributed by atoms with E-state index in [0.29, 0.717) is 10.6 Å². The summed E-state index contributed by atoms with van der Waals surface area (Å²) in [5.74, 6) is -0.332. The Morgan fingerprint density at radius 2 is 1.95 bits per heavy atom. The Bertz CT molecular complexity index is 838. The van der Waals surface area contributed by atoms with Crippen LogP contribution in [0.2, 0.25) is 5.02 Å². The van der Waals surface area contributed by atoms with Crippen LogP contribution in [0.1, 0.15) is 19.4 Å². The van der Waals surface area contributed by atoms with Crippen LogP contribution < -0.4 is 0 Å². The second-order valence-corrected chi connectivity index (χ2v) is 6.54. The van der Waals surface area contributed by atoms with Crippen molar-refractivity contribution in [2.75, 3.05) is 6.61 Å². The van der Waals surface area contributed by atoms with Gasteiger partial charge in [0.1, 0.15) is 5.82 Å². The second kappa shape index (κ2) is 5.41. The zero-order valence-corrected chi connectivity index (χ0v) is 13.2. The minimum Gasteiger partial charge on any atom is -0.395 e. The largest absolute Gasteiger partial charge is 0.395 e. The average Bonchev–Trinajstić information content (AvgIpc) is 2.93. The lowest BCUT2D eigenvalue weighted by molar-refractivity contribution is 0.215. The van der Waals surface area contributed by atoms with E-state index in [0.717, 1.165) is 22.0 Å². The van der Waals surface area contributed by atoms with Gasteiger partial charge in [-0.2, -0.15) is 0 Å². The highest BCUT2D eigenvalue weighted by atomic mass is 35.5. The van der Waals surface area contributed by atoms with Gasteiger partial charge in [0.2, 0.25) is 0 Å². The molecular formula is C18H17ClFNO. The Balaban J connectivity index is 2.11. The topological polar surface area (TPSA) is 36.0 Å². The fourth-order valence-corrected chi connectivity index (χ4v) is 2.88. The standard InChI is InChI=1S/C18H17ClFNO/c1-18(2,10-22)14-4-3-11(8-16(14)20)13-7-12-5-6-21-17(12)9-15(13)19/h3-9,21-22H,10H2,1-2H3. The molecule has 0 saturated carbocycles. The molecule has 1 aromatic heterocycles. The summed E-state index contributed by atoms with van der Waals surface area (Å²) in [4.78, 5) is 3.10. The lowest BCUT2D eigenvalue weighted by Crippen LogP contribution is -2.23. The Hall–Kier alpha value is -1.84. The maximum absolute atomic E-state index is 14.4. The molecular weight excluding hydrogens is 301 g/mol. The van der Waals surface area contributed by atoms with Crippen LogP contribution in [0.5, 0.6) is 0 Å². The quantitative estimate of drug-likeness (QED) is 0.708. The Morgan fingerprint density at radius 1 is 1.18 bits per heavy atom. The third-order valence-electron chi connectivity index (χ3n) is 4.05. The van der Waals surface area contributed by atoms with E-state index in [-0.39, 0.29) is 12.4 Å². The van der Waals surface area contributed by atoms with Gasteiger partial charge in [0.15, 0.2) is 0 Å². The highest BCUT2D eigenvalue weighted by Gasteiger charge is 2.23. The summed E-state index contributed by atoms with van der Waals surface area (Å²) in [5, 5.41) is 11.0. The summed E-state index contributed by atoms with van der Waals surface area (Å²) in [6, 6.07) is 10.8. The lowest BCUT2D eigenvalue weighted by atomic mass is 9.84. The van der Waals surface area contributed by atoms with Crippen molar-refractivity contribution in [1.82, 2.24) is 4.98 Å².